The number of carbonyl (C=O) groups excluding carboxylic acids is 1. The Kier molecular flexibility index (Phi) is 4.65. The molecule has 0 fully saturated rings. The van der Waals surface area contributed by atoms with E-state index in [0.29, 0.717) is 12.1 Å². The van der Waals surface area contributed by atoms with Gasteiger partial charge in [0.25, 0.3) is 5.91 Å². The van der Waals surface area contributed by atoms with Crippen molar-refractivity contribution >= 4 is 16.8 Å². The molecule has 0 spiro atoms. The van der Waals surface area contributed by atoms with Gasteiger partial charge in [-0.2, -0.15) is 5.10 Å². The Morgan fingerprint density at radius 3 is 2.64 bits per heavy atom. The minimum atomic E-state index is -0.0199. The lowest BCUT2D eigenvalue weighted by molar-refractivity contribution is 0.0787. The Labute approximate surface area is 164 Å². The van der Waals surface area contributed by atoms with Crippen molar-refractivity contribution in [2.45, 2.75) is 20.4 Å². The molecule has 2 aromatic carbocycles. The Bertz CT molecular complexity index is 1150. The van der Waals surface area contributed by atoms with Crippen LogP contribution in [0.15, 0.2) is 67.0 Å². The molecule has 2 heterocycles. The number of hydrogen-bond donors (Lipinski definition) is 0. The average Bonchev–Trinajstić information content (AvgIpc) is 3.16. The van der Waals surface area contributed by atoms with Gasteiger partial charge >= 0.3 is 0 Å². The molecule has 0 unspecified atom stereocenters. The molecule has 0 aliphatic carbocycles. The van der Waals surface area contributed by atoms with E-state index < -0.39 is 0 Å². The number of nitrogens with zero attached hydrogens (tertiary/aromatic N) is 4. The van der Waals surface area contributed by atoms with Crippen molar-refractivity contribution in [3.05, 3.63) is 89.4 Å². The number of pyridine rings is 1. The molecule has 0 bridgehead atoms. The number of aryl methyl sites for hydroxylation is 2. The van der Waals surface area contributed by atoms with E-state index in [2.05, 4.69) is 10.1 Å². The van der Waals surface area contributed by atoms with Crippen LogP contribution in [0.2, 0.25) is 0 Å². The van der Waals surface area contributed by atoms with Crippen molar-refractivity contribution in [3.8, 4) is 5.69 Å². The molecule has 0 saturated heterocycles. The fourth-order valence-electron chi connectivity index (χ4n) is 3.36. The molecular weight excluding hydrogens is 348 g/mol. The minimum absolute atomic E-state index is 0.0199. The molecule has 0 aliphatic rings. The smallest absolute Gasteiger partial charge is 0.254 e. The maximum Gasteiger partial charge on any atom is 0.254 e. The van der Waals surface area contributed by atoms with Crippen LogP contribution >= 0.6 is 0 Å². The number of carbonyl (C=O) groups is 1. The van der Waals surface area contributed by atoms with Crippen LogP contribution in [0.3, 0.4) is 0 Å². The molecule has 1 amide bonds. The summed E-state index contributed by atoms with van der Waals surface area (Å²) in [6.45, 7) is 4.43. The standard InChI is InChI=1S/C23H22N4O/c1-16-9-10-22-20(11-16)21(12-17(2)25-22)23(28)26(3)14-18-13-24-27(15-18)19-7-5-4-6-8-19/h4-13,15H,14H2,1-3H3. The zero-order valence-corrected chi connectivity index (χ0v) is 16.3. The van der Waals surface area contributed by atoms with Gasteiger partial charge in [0.1, 0.15) is 0 Å². The number of fused-ring (bicyclic) bond motifs is 1. The van der Waals surface area contributed by atoms with Gasteiger partial charge in [-0.05, 0) is 44.2 Å². The summed E-state index contributed by atoms with van der Waals surface area (Å²) in [5, 5.41) is 5.31. The largest absolute Gasteiger partial charge is 0.337 e. The molecular formula is C23H22N4O. The number of rotatable bonds is 4. The Morgan fingerprint density at radius 1 is 1.07 bits per heavy atom. The molecule has 0 atom stereocenters. The summed E-state index contributed by atoms with van der Waals surface area (Å²) in [7, 11) is 1.82. The molecule has 28 heavy (non-hydrogen) atoms. The predicted molar refractivity (Wildman–Crippen MR) is 111 cm³/mol. The molecule has 2 aromatic heterocycles. The van der Waals surface area contributed by atoms with Crippen LogP contribution in [-0.4, -0.2) is 32.6 Å². The average molecular weight is 370 g/mol. The van der Waals surface area contributed by atoms with E-state index in [4.69, 9.17) is 0 Å². The van der Waals surface area contributed by atoms with E-state index in [9.17, 15) is 4.79 Å². The van der Waals surface area contributed by atoms with Crippen molar-refractivity contribution in [1.82, 2.24) is 19.7 Å². The van der Waals surface area contributed by atoms with Gasteiger partial charge in [0, 0.05) is 36.4 Å². The van der Waals surface area contributed by atoms with Crippen molar-refractivity contribution in [2.24, 2.45) is 0 Å². The number of aromatic nitrogens is 3. The normalized spacial score (nSPS) is 11.0. The minimum Gasteiger partial charge on any atom is -0.337 e. The van der Waals surface area contributed by atoms with Gasteiger partial charge in [-0.15, -0.1) is 0 Å². The van der Waals surface area contributed by atoms with Crippen LogP contribution < -0.4 is 0 Å². The topological polar surface area (TPSA) is 51.0 Å². The zero-order chi connectivity index (χ0) is 19.7. The van der Waals surface area contributed by atoms with Crippen LogP contribution in [0.25, 0.3) is 16.6 Å². The van der Waals surface area contributed by atoms with Gasteiger partial charge in [-0.3, -0.25) is 9.78 Å². The highest BCUT2D eigenvalue weighted by atomic mass is 16.2. The maximum absolute atomic E-state index is 13.2. The van der Waals surface area contributed by atoms with Crippen molar-refractivity contribution in [3.63, 3.8) is 0 Å². The van der Waals surface area contributed by atoms with E-state index in [-0.39, 0.29) is 5.91 Å². The predicted octanol–water partition coefficient (Wildman–Crippen LogP) is 4.31. The summed E-state index contributed by atoms with van der Waals surface area (Å²) in [4.78, 5) is 19.5. The van der Waals surface area contributed by atoms with E-state index in [1.807, 2.05) is 86.4 Å². The van der Waals surface area contributed by atoms with Gasteiger partial charge in [-0.1, -0.05) is 29.8 Å². The van der Waals surface area contributed by atoms with E-state index >= 15 is 0 Å². The molecule has 140 valence electrons. The molecule has 5 nitrogen and oxygen atoms in total. The van der Waals surface area contributed by atoms with E-state index in [1.165, 1.54) is 0 Å². The summed E-state index contributed by atoms with van der Waals surface area (Å²) in [5.41, 5.74) is 5.45. The van der Waals surface area contributed by atoms with Crippen molar-refractivity contribution in [1.29, 1.82) is 0 Å². The van der Waals surface area contributed by atoms with Crippen LogP contribution in [-0.2, 0) is 6.54 Å². The van der Waals surface area contributed by atoms with Gasteiger partial charge in [-0.25, -0.2) is 4.68 Å². The lowest BCUT2D eigenvalue weighted by Gasteiger charge is -2.18. The van der Waals surface area contributed by atoms with Gasteiger partial charge in [0.2, 0.25) is 0 Å². The summed E-state index contributed by atoms with van der Waals surface area (Å²) in [6.07, 6.45) is 3.76. The van der Waals surface area contributed by atoms with Crippen LogP contribution in [0.4, 0.5) is 0 Å². The Morgan fingerprint density at radius 2 is 1.86 bits per heavy atom. The Balaban J connectivity index is 1.60. The highest BCUT2D eigenvalue weighted by Gasteiger charge is 2.17. The lowest BCUT2D eigenvalue weighted by atomic mass is 10.0. The SMILES string of the molecule is Cc1ccc2nc(C)cc(C(=O)N(C)Cc3cnn(-c4ccccc4)c3)c2c1. The fourth-order valence-corrected chi connectivity index (χ4v) is 3.36. The molecule has 5 heteroatoms. The summed E-state index contributed by atoms with van der Waals surface area (Å²) in [5.74, 6) is -0.0199. The molecule has 4 rings (SSSR count). The van der Waals surface area contributed by atoms with E-state index in [1.54, 1.807) is 11.1 Å². The number of benzene rings is 2. The monoisotopic (exact) mass is 370 g/mol. The van der Waals surface area contributed by atoms with Gasteiger partial charge in [0.05, 0.1) is 23.0 Å². The first kappa shape index (κ1) is 17.9. The van der Waals surface area contributed by atoms with Gasteiger partial charge < -0.3 is 4.90 Å². The number of hydrogen-bond acceptors (Lipinski definition) is 3. The third-order valence-electron chi connectivity index (χ3n) is 4.75. The Hall–Kier alpha value is -3.47. The first-order valence-electron chi connectivity index (χ1n) is 9.24. The first-order chi connectivity index (χ1) is 13.5. The molecule has 0 aliphatic heterocycles. The summed E-state index contributed by atoms with van der Waals surface area (Å²) >= 11 is 0. The van der Waals surface area contributed by atoms with E-state index in [0.717, 1.165) is 33.4 Å². The highest BCUT2D eigenvalue weighted by molar-refractivity contribution is 6.06. The lowest BCUT2D eigenvalue weighted by Crippen LogP contribution is -2.26. The second kappa shape index (κ2) is 7.27. The molecule has 0 radical (unpaired) electrons. The zero-order valence-electron chi connectivity index (χ0n) is 16.3. The third-order valence-corrected chi connectivity index (χ3v) is 4.75. The second-order valence-electron chi connectivity index (χ2n) is 7.12. The van der Waals surface area contributed by atoms with Crippen LogP contribution in [0.1, 0.15) is 27.2 Å². The summed E-state index contributed by atoms with van der Waals surface area (Å²) < 4.78 is 1.82. The number of amides is 1. The summed E-state index contributed by atoms with van der Waals surface area (Å²) in [6, 6.07) is 17.8. The second-order valence-corrected chi connectivity index (χ2v) is 7.12. The van der Waals surface area contributed by atoms with Crippen LogP contribution in [0.5, 0.6) is 0 Å². The van der Waals surface area contributed by atoms with Gasteiger partial charge in [0.15, 0.2) is 0 Å². The number of para-hydroxylation sites is 1. The van der Waals surface area contributed by atoms with Crippen molar-refractivity contribution < 1.29 is 4.79 Å². The first-order valence-corrected chi connectivity index (χ1v) is 9.24. The maximum atomic E-state index is 13.2. The van der Waals surface area contributed by atoms with Crippen molar-refractivity contribution in [2.75, 3.05) is 7.05 Å². The molecule has 0 saturated carbocycles. The fraction of sp³-hybridized carbons (Fsp3) is 0.174. The highest BCUT2D eigenvalue weighted by Crippen LogP contribution is 2.22. The molecule has 0 N–H and O–H groups in total. The quantitative estimate of drug-likeness (QED) is 0.538. The third kappa shape index (κ3) is 3.51. The molecule has 4 aromatic rings. The van der Waals surface area contributed by atoms with Crippen LogP contribution in [0, 0.1) is 13.8 Å².